The number of carbonyl (C=O) groups is 1. The van der Waals surface area contributed by atoms with Crippen molar-refractivity contribution in [1.29, 1.82) is 0 Å². The number of amides is 1. The van der Waals surface area contributed by atoms with Crippen molar-refractivity contribution in [2.45, 2.75) is 26.3 Å². The molecule has 0 spiro atoms. The molecule has 1 aliphatic rings. The molecule has 1 fully saturated rings. The van der Waals surface area contributed by atoms with Gasteiger partial charge in [-0.05, 0) is 30.5 Å². The minimum absolute atomic E-state index is 0.0568. The molecular formula is C17H25ClN2O3. The van der Waals surface area contributed by atoms with Gasteiger partial charge in [-0.15, -0.1) is 0 Å². The van der Waals surface area contributed by atoms with Gasteiger partial charge in [0.15, 0.2) is 0 Å². The molecule has 0 aliphatic carbocycles. The van der Waals surface area contributed by atoms with E-state index in [1.165, 1.54) is 12.1 Å². The van der Waals surface area contributed by atoms with Crippen LogP contribution in [-0.2, 0) is 4.74 Å². The predicted octanol–water partition coefficient (Wildman–Crippen LogP) is 2.52. The first-order valence-corrected chi connectivity index (χ1v) is 8.43. The first-order valence-electron chi connectivity index (χ1n) is 8.06. The van der Waals surface area contributed by atoms with Gasteiger partial charge in [-0.2, -0.15) is 0 Å². The van der Waals surface area contributed by atoms with Crippen LogP contribution in [0.2, 0.25) is 5.02 Å². The molecule has 0 bridgehead atoms. The molecule has 1 amide bonds. The van der Waals surface area contributed by atoms with Gasteiger partial charge in [0, 0.05) is 30.7 Å². The van der Waals surface area contributed by atoms with Crippen LogP contribution in [0.5, 0.6) is 5.75 Å². The Balaban J connectivity index is 1.99. The smallest absolute Gasteiger partial charge is 0.255 e. The molecule has 1 unspecified atom stereocenters. The fourth-order valence-electron chi connectivity index (χ4n) is 2.84. The highest BCUT2D eigenvalue weighted by Gasteiger charge is 2.23. The molecule has 1 aromatic carbocycles. The van der Waals surface area contributed by atoms with E-state index in [4.69, 9.17) is 16.3 Å². The third kappa shape index (κ3) is 5.37. The Morgan fingerprint density at radius 2 is 2.09 bits per heavy atom. The zero-order valence-corrected chi connectivity index (χ0v) is 14.5. The van der Waals surface area contributed by atoms with Crippen LogP contribution >= 0.6 is 11.6 Å². The van der Waals surface area contributed by atoms with Gasteiger partial charge in [0.1, 0.15) is 5.75 Å². The highest BCUT2D eigenvalue weighted by Crippen LogP contribution is 2.21. The second kappa shape index (κ2) is 8.52. The Hall–Kier alpha value is -1.30. The highest BCUT2D eigenvalue weighted by atomic mass is 35.5. The number of morpholine rings is 1. The Kier molecular flexibility index (Phi) is 6.69. The van der Waals surface area contributed by atoms with Crippen molar-refractivity contribution >= 4 is 17.5 Å². The van der Waals surface area contributed by atoms with Crippen molar-refractivity contribution in [3.05, 3.63) is 28.8 Å². The summed E-state index contributed by atoms with van der Waals surface area (Å²) in [7, 11) is 0. The number of phenols is 1. The van der Waals surface area contributed by atoms with E-state index in [9.17, 15) is 9.90 Å². The van der Waals surface area contributed by atoms with E-state index in [0.717, 1.165) is 32.7 Å². The molecule has 6 heteroatoms. The number of ether oxygens (including phenoxy) is 1. The number of nitrogens with one attached hydrogen (secondary N) is 1. The van der Waals surface area contributed by atoms with Crippen molar-refractivity contribution in [2.24, 2.45) is 5.92 Å². The highest BCUT2D eigenvalue weighted by molar-refractivity contribution is 6.31. The molecule has 0 radical (unpaired) electrons. The quantitative estimate of drug-likeness (QED) is 0.835. The second-order valence-electron chi connectivity index (χ2n) is 6.30. The Morgan fingerprint density at radius 1 is 1.39 bits per heavy atom. The lowest BCUT2D eigenvalue weighted by atomic mass is 10.0. The number of benzene rings is 1. The maximum Gasteiger partial charge on any atom is 0.255 e. The van der Waals surface area contributed by atoms with E-state index in [1.54, 1.807) is 6.07 Å². The van der Waals surface area contributed by atoms with Gasteiger partial charge in [0.2, 0.25) is 0 Å². The lowest BCUT2D eigenvalue weighted by molar-refractivity contribution is 0.0124. The van der Waals surface area contributed by atoms with Crippen LogP contribution in [-0.4, -0.2) is 54.8 Å². The summed E-state index contributed by atoms with van der Waals surface area (Å²) in [6, 6.07) is 4.75. The number of nitrogens with zero attached hydrogens (tertiary/aromatic N) is 1. The molecular weight excluding hydrogens is 316 g/mol. The molecule has 2 N–H and O–H groups in total. The number of aromatic hydroxyl groups is 1. The zero-order chi connectivity index (χ0) is 16.8. The van der Waals surface area contributed by atoms with Gasteiger partial charge < -0.3 is 15.2 Å². The fourth-order valence-corrected chi connectivity index (χ4v) is 3.02. The average molecular weight is 341 g/mol. The van der Waals surface area contributed by atoms with Crippen LogP contribution in [0.4, 0.5) is 0 Å². The summed E-state index contributed by atoms with van der Waals surface area (Å²) in [5, 5.41) is 13.2. The van der Waals surface area contributed by atoms with Gasteiger partial charge in [0.25, 0.3) is 5.91 Å². The van der Waals surface area contributed by atoms with E-state index in [0.29, 0.717) is 17.5 Å². The topological polar surface area (TPSA) is 61.8 Å². The third-order valence-electron chi connectivity index (χ3n) is 4.01. The molecule has 0 saturated carbocycles. The van der Waals surface area contributed by atoms with E-state index in [2.05, 4.69) is 24.1 Å². The van der Waals surface area contributed by atoms with E-state index in [1.807, 2.05) is 0 Å². The van der Waals surface area contributed by atoms with E-state index < -0.39 is 0 Å². The number of hydrogen-bond acceptors (Lipinski definition) is 4. The maximum absolute atomic E-state index is 12.3. The number of halogens is 1. The Labute approximate surface area is 142 Å². The summed E-state index contributed by atoms with van der Waals surface area (Å²) < 4.78 is 5.40. The van der Waals surface area contributed by atoms with Crippen LogP contribution in [0.1, 0.15) is 30.6 Å². The van der Waals surface area contributed by atoms with E-state index >= 15 is 0 Å². The lowest BCUT2D eigenvalue weighted by Gasteiger charge is -2.35. The fraction of sp³-hybridized carbons (Fsp3) is 0.588. The van der Waals surface area contributed by atoms with Gasteiger partial charge in [-0.25, -0.2) is 0 Å². The number of phenolic OH excluding ortho intramolecular Hbond substituents is 1. The van der Waals surface area contributed by atoms with Gasteiger partial charge >= 0.3 is 0 Å². The molecule has 2 rings (SSSR count). The molecule has 5 nitrogen and oxygen atoms in total. The molecule has 23 heavy (non-hydrogen) atoms. The summed E-state index contributed by atoms with van der Waals surface area (Å²) >= 11 is 5.90. The Morgan fingerprint density at radius 3 is 2.74 bits per heavy atom. The van der Waals surface area contributed by atoms with Crippen molar-refractivity contribution in [2.75, 3.05) is 32.8 Å². The SMILES string of the molecule is CC(C)CC(CNC(=O)c1cc(Cl)ccc1O)N1CCOCC1. The third-order valence-corrected chi connectivity index (χ3v) is 4.24. The van der Waals surface area contributed by atoms with Crippen LogP contribution < -0.4 is 5.32 Å². The summed E-state index contributed by atoms with van der Waals surface area (Å²) in [4.78, 5) is 14.7. The van der Waals surface area contributed by atoms with Gasteiger partial charge in [-0.1, -0.05) is 25.4 Å². The van der Waals surface area contributed by atoms with Crippen LogP contribution in [0.15, 0.2) is 18.2 Å². The number of carbonyl (C=O) groups excluding carboxylic acids is 1. The van der Waals surface area contributed by atoms with Crippen LogP contribution in [0.3, 0.4) is 0 Å². The number of rotatable bonds is 6. The molecule has 1 aromatic rings. The van der Waals surface area contributed by atoms with Crippen molar-refractivity contribution in [3.8, 4) is 5.75 Å². The summed E-state index contributed by atoms with van der Waals surface area (Å²) in [6.45, 7) is 8.14. The van der Waals surface area contributed by atoms with Crippen molar-refractivity contribution < 1.29 is 14.6 Å². The first-order chi connectivity index (χ1) is 11.0. The number of hydrogen-bond donors (Lipinski definition) is 2. The molecule has 0 aromatic heterocycles. The summed E-state index contributed by atoms with van der Waals surface area (Å²) in [5.41, 5.74) is 0.211. The van der Waals surface area contributed by atoms with Crippen molar-refractivity contribution in [1.82, 2.24) is 10.2 Å². The molecule has 1 atom stereocenters. The second-order valence-corrected chi connectivity index (χ2v) is 6.74. The monoisotopic (exact) mass is 340 g/mol. The summed E-state index contributed by atoms with van der Waals surface area (Å²) in [5.74, 6) is 0.185. The largest absolute Gasteiger partial charge is 0.507 e. The molecule has 1 heterocycles. The standard InChI is InChI=1S/C17H25ClN2O3/c1-12(2)9-14(20-5-7-23-8-6-20)11-19-17(22)15-10-13(18)3-4-16(15)21/h3-4,10,12,14,21H,5-9,11H2,1-2H3,(H,19,22). The van der Waals surface area contributed by atoms with Crippen LogP contribution in [0, 0.1) is 5.92 Å². The molecule has 128 valence electrons. The van der Waals surface area contributed by atoms with Gasteiger partial charge in [-0.3, -0.25) is 9.69 Å². The van der Waals surface area contributed by atoms with E-state index in [-0.39, 0.29) is 23.3 Å². The zero-order valence-electron chi connectivity index (χ0n) is 13.7. The maximum atomic E-state index is 12.3. The lowest BCUT2D eigenvalue weighted by Crippen LogP contribution is -2.49. The predicted molar refractivity (Wildman–Crippen MR) is 91.1 cm³/mol. The molecule has 1 aliphatic heterocycles. The first kappa shape index (κ1) is 18.0. The van der Waals surface area contributed by atoms with Crippen LogP contribution in [0.25, 0.3) is 0 Å². The Bertz CT molecular complexity index is 531. The average Bonchev–Trinajstić information content (AvgIpc) is 2.54. The van der Waals surface area contributed by atoms with Crippen molar-refractivity contribution in [3.63, 3.8) is 0 Å². The minimum Gasteiger partial charge on any atom is -0.507 e. The molecule has 1 saturated heterocycles. The van der Waals surface area contributed by atoms with Gasteiger partial charge in [0.05, 0.1) is 18.8 Å². The summed E-state index contributed by atoms with van der Waals surface area (Å²) in [6.07, 6.45) is 1.00. The normalized spacial score (nSPS) is 17.2. The minimum atomic E-state index is -0.299.